The van der Waals surface area contributed by atoms with Crippen LogP contribution in [0, 0.1) is 0 Å². The Labute approximate surface area is 80.3 Å². The van der Waals surface area contributed by atoms with Crippen molar-refractivity contribution in [2.75, 3.05) is 0 Å². The molecule has 0 aliphatic carbocycles. The lowest BCUT2D eigenvalue weighted by Crippen LogP contribution is -2.24. The third-order valence-electron chi connectivity index (χ3n) is 1.09. The summed E-state index contributed by atoms with van der Waals surface area (Å²) in [5, 5.41) is 1.56. The van der Waals surface area contributed by atoms with E-state index < -0.39 is 13.7 Å². The highest BCUT2D eigenvalue weighted by molar-refractivity contribution is 8.16. The van der Waals surface area contributed by atoms with Crippen molar-refractivity contribution in [2.24, 2.45) is 0 Å². The molecular formula is C4H6Cl2O3S2. The topological polar surface area (TPSA) is 54.4 Å². The van der Waals surface area contributed by atoms with Gasteiger partial charge in [0, 0.05) is 6.42 Å². The molecule has 0 aromatic heterocycles. The molecule has 0 aromatic rings. The molecular weight excluding hydrogens is 231 g/mol. The second-order valence-corrected chi connectivity index (χ2v) is 6.03. The Kier molecular flexibility index (Phi) is 3.72. The molecule has 1 N–H and O–H groups in total. The first kappa shape index (κ1) is 11.6. The average molecular weight is 237 g/mol. The summed E-state index contributed by atoms with van der Waals surface area (Å²) >= 11 is 6.41. The summed E-state index contributed by atoms with van der Waals surface area (Å²) in [6, 6.07) is 0. The van der Waals surface area contributed by atoms with E-state index in [-0.39, 0.29) is 18.8 Å². The summed E-state index contributed by atoms with van der Waals surface area (Å²) in [5.74, 6) is 0. The summed E-state index contributed by atoms with van der Waals surface area (Å²) in [5.41, 5.74) is 0. The van der Waals surface area contributed by atoms with Crippen LogP contribution in [0.4, 0.5) is 0 Å². The van der Waals surface area contributed by atoms with E-state index in [1.54, 1.807) is 11.5 Å². The minimum absolute atomic E-state index is 0. The summed E-state index contributed by atoms with van der Waals surface area (Å²) in [6.45, 7) is 0. The zero-order valence-electron chi connectivity index (χ0n) is 5.23. The molecule has 0 bridgehead atoms. The second kappa shape index (κ2) is 3.53. The summed E-state index contributed by atoms with van der Waals surface area (Å²) in [6.07, 6.45) is 1.75. The number of rotatable bonds is 1. The smallest absolute Gasteiger partial charge is 0.284 e. The van der Waals surface area contributed by atoms with Crippen LogP contribution < -0.4 is 0 Å². The molecule has 0 fully saturated rings. The van der Waals surface area contributed by atoms with E-state index >= 15 is 0 Å². The van der Waals surface area contributed by atoms with Gasteiger partial charge < -0.3 is 0 Å². The van der Waals surface area contributed by atoms with E-state index in [1.165, 1.54) is 0 Å². The van der Waals surface area contributed by atoms with Gasteiger partial charge in [0.05, 0.1) is 0 Å². The van der Waals surface area contributed by atoms with E-state index in [0.29, 0.717) is 0 Å². The van der Waals surface area contributed by atoms with Crippen LogP contribution in [0.1, 0.15) is 6.42 Å². The molecule has 1 heterocycles. The highest BCUT2D eigenvalue weighted by atomic mass is 35.5. The molecule has 0 spiro atoms. The number of thioether (sulfide) groups is 1. The van der Waals surface area contributed by atoms with Crippen LogP contribution in [0.15, 0.2) is 11.5 Å². The lowest BCUT2D eigenvalue weighted by Gasteiger charge is -2.14. The fourth-order valence-corrected chi connectivity index (χ4v) is 2.34. The summed E-state index contributed by atoms with van der Waals surface area (Å²) in [4.78, 5) is 0. The Hall–Kier alpha value is 0.580. The van der Waals surface area contributed by atoms with Crippen molar-refractivity contribution in [3.63, 3.8) is 0 Å². The fourth-order valence-electron chi connectivity index (χ4n) is 0.553. The van der Waals surface area contributed by atoms with Crippen LogP contribution in [0.3, 0.4) is 0 Å². The minimum atomic E-state index is -4.14. The van der Waals surface area contributed by atoms with E-state index in [2.05, 4.69) is 0 Å². The van der Waals surface area contributed by atoms with Gasteiger partial charge in [-0.25, -0.2) is 0 Å². The normalized spacial score (nSPS) is 30.0. The van der Waals surface area contributed by atoms with Crippen LogP contribution in [0.5, 0.6) is 0 Å². The van der Waals surface area contributed by atoms with Crippen molar-refractivity contribution in [3.8, 4) is 0 Å². The van der Waals surface area contributed by atoms with Gasteiger partial charge in [-0.1, -0.05) is 29.4 Å². The largest absolute Gasteiger partial charge is 0.295 e. The molecule has 0 saturated heterocycles. The van der Waals surface area contributed by atoms with Gasteiger partial charge in [0.2, 0.25) is 3.54 Å². The molecule has 1 aliphatic heterocycles. The van der Waals surface area contributed by atoms with Crippen molar-refractivity contribution < 1.29 is 13.0 Å². The molecule has 3 nitrogen and oxygen atoms in total. The van der Waals surface area contributed by atoms with Crippen LogP contribution in [-0.2, 0) is 10.1 Å². The Bertz CT molecular complexity index is 251. The monoisotopic (exact) mass is 236 g/mol. The molecule has 7 heteroatoms. The quantitative estimate of drug-likeness (QED) is 0.558. The number of hydrogen-bond acceptors (Lipinski definition) is 3. The molecule has 0 aromatic carbocycles. The van der Waals surface area contributed by atoms with Crippen molar-refractivity contribution in [1.82, 2.24) is 0 Å². The number of alkyl halides is 1. The zero-order chi connectivity index (χ0) is 7.83. The number of halogens is 2. The van der Waals surface area contributed by atoms with Crippen LogP contribution in [0.25, 0.3) is 0 Å². The first-order valence-electron chi connectivity index (χ1n) is 2.44. The highest BCUT2D eigenvalue weighted by Gasteiger charge is 2.42. The molecule has 0 radical (unpaired) electrons. The highest BCUT2D eigenvalue weighted by Crippen LogP contribution is 2.43. The van der Waals surface area contributed by atoms with Crippen molar-refractivity contribution in [1.29, 1.82) is 0 Å². The van der Waals surface area contributed by atoms with Crippen molar-refractivity contribution in [2.45, 2.75) is 9.96 Å². The van der Waals surface area contributed by atoms with Gasteiger partial charge in [0.1, 0.15) is 0 Å². The minimum Gasteiger partial charge on any atom is -0.284 e. The van der Waals surface area contributed by atoms with Crippen LogP contribution in [0.2, 0.25) is 0 Å². The first-order valence-corrected chi connectivity index (χ1v) is 5.14. The lowest BCUT2D eigenvalue weighted by atomic mass is 10.5. The van der Waals surface area contributed by atoms with Gasteiger partial charge in [-0.3, -0.25) is 4.55 Å². The van der Waals surface area contributed by atoms with E-state index in [0.717, 1.165) is 11.8 Å². The van der Waals surface area contributed by atoms with Gasteiger partial charge in [-0.15, -0.1) is 12.4 Å². The maximum absolute atomic E-state index is 10.5. The van der Waals surface area contributed by atoms with Crippen LogP contribution >= 0.6 is 35.8 Å². The van der Waals surface area contributed by atoms with E-state index in [4.69, 9.17) is 16.2 Å². The Morgan fingerprint density at radius 1 is 1.64 bits per heavy atom. The molecule has 1 rings (SSSR count). The Morgan fingerprint density at radius 2 is 2.18 bits per heavy atom. The van der Waals surface area contributed by atoms with E-state index in [9.17, 15) is 8.42 Å². The van der Waals surface area contributed by atoms with Gasteiger partial charge in [0.15, 0.2) is 0 Å². The van der Waals surface area contributed by atoms with Crippen molar-refractivity contribution in [3.05, 3.63) is 11.5 Å². The standard InChI is InChI=1S/C4H5ClO3S2.ClH/c5-4(10(6,7)8)2-1-3-9-4;/h1,3H,2H2,(H,6,7,8);1H. The van der Waals surface area contributed by atoms with Gasteiger partial charge in [-0.2, -0.15) is 8.42 Å². The predicted molar refractivity (Wildman–Crippen MR) is 48.7 cm³/mol. The molecule has 66 valence electrons. The number of hydrogen-bond donors (Lipinski definition) is 1. The van der Waals surface area contributed by atoms with Gasteiger partial charge in [-0.05, 0) is 5.41 Å². The van der Waals surface area contributed by atoms with E-state index in [1.807, 2.05) is 0 Å². The van der Waals surface area contributed by atoms with Gasteiger partial charge in [0.25, 0.3) is 10.1 Å². The summed E-state index contributed by atoms with van der Waals surface area (Å²) in [7, 11) is -4.14. The van der Waals surface area contributed by atoms with Crippen molar-refractivity contribution >= 4 is 45.9 Å². The maximum atomic E-state index is 10.5. The Morgan fingerprint density at radius 3 is 2.36 bits per heavy atom. The first-order chi connectivity index (χ1) is 4.46. The maximum Gasteiger partial charge on any atom is 0.295 e. The number of allylic oxidation sites excluding steroid dienone is 1. The SMILES string of the molecule is Cl.O=S(=O)(O)C1(Cl)CC=CS1. The van der Waals surface area contributed by atoms with Crippen LogP contribution in [-0.4, -0.2) is 16.5 Å². The molecule has 1 aliphatic rings. The lowest BCUT2D eigenvalue weighted by molar-refractivity contribution is 0.476. The fraction of sp³-hybridized carbons (Fsp3) is 0.500. The molecule has 1 unspecified atom stereocenters. The Balaban J connectivity index is 0.000001000. The zero-order valence-corrected chi connectivity index (χ0v) is 8.43. The van der Waals surface area contributed by atoms with Gasteiger partial charge >= 0.3 is 0 Å². The molecule has 0 saturated carbocycles. The summed E-state index contributed by atoms with van der Waals surface area (Å²) < 4.78 is 28.0. The molecule has 11 heavy (non-hydrogen) atoms. The third kappa shape index (κ3) is 2.26. The molecule has 0 amide bonds. The average Bonchev–Trinajstić information content (AvgIpc) is 2.13. The second-order valence-electron chi connectivity index (χ2n) is 1.83. The third-order valence-corrected chi connectivity index (χ3v) is 4.80. The predicted octanol–water partition coefficient (Wildman–Crippen LogP) is 1.84. The molecule has 1 atom stereocenters.